The smallest absolute Gasteiger partial charge is 0.253 e. The van der Waals surface area contributed by atoms with Crippen molar-refractivity contribution in [1.29, 1.82) is 0 Å². The third-order valence-electron chi connectivity index (χ3n) is 5.45. The van der Waals surface area contributed by atoms with E-state index in [1.165, 1.54) is 17.3 Å². The van der Waals surface area contributed by atoms with E-state index in [2.05, 4.69) is 51.3 Å². The van der Waals surface area contributed by atoms with Crippen LogP contribution in [-0.4, -0.2) is 62.3 Å². The number of carbonyl (C=O) groups excluding carboxylic acids is 1. The van der Waals surface area contributed by atoms with Gasteiger partial charge in [-0.3, -0.25) is 4.79 Å². The molecule has 0 bridgehead atoms. The zero-order valence-corrected chi connectivity index (χ0v) is 19.7. The molecule has 2 aromatic heterocycles. The van der Waals surface area contributed by atoms with E-state index < -0.39 is 0 Å². The maximum absolute atomic E-state index is 12.2. The first-order valence-corrected chi connectivity index (χ1v) is 11.9. The summed E-state index contributed by atoms with van der Waals surface area (Å²) in [4.78, 5) is 23.7. The number of hydrogen-bond donors (Lipinski definition) is 1. The molecule has 3 rings (SSSR count). The number of aromatic nitrogens is 4. The van der Waals surface area contributed by atoms with Gasteiger partial charge in [-0.2, -0.15) is 4.98 Å². The van der Waals surface area contributed by atoms with Crippen LogP contribution in [-0.2, 0) is 11.2 Å². The quantitative estimate of drug-likeness (QED) is 0.364. The molecule has 0 spiro atoms. The Hall–Kier alpha value is -2.45. The highest BCUT2D eigenvalue weighted by Crippen LogP contribution is 2.20. The molecule has 2 heterocycles. The second-order valence-corrected chi connectivity index (χ2v) is 8.49. The van der Waals surface area contributed by atoms with E-state index >= 15 is 0 Å². The number of thioether (sulfide) groups is 1. The predicted molar refractivity (Wildman–Crippen MR) is 126 cm³/mol. The van der Waals surface area contributed by atoms with Gasteiger partial charge in [0.2, 0.25) is 11.1 Å². The van der Waals surface area contributed by atoms with Gasteiger partial charge in [-0.15, -0.1) is 5.10 Å². The third kappa shape index (κ3) is 6.27. The number of rotatable bonds is 11. The van der Waals surface area contributed by atoms with Crippen molar-refractivity contribution in [2.45, 2.75) is 45.7 Å². The lowest BCUT2D eigenvalue weighted by atomic mass is 10.0. The van der Waals surface area contributed by atoms with Crippen LogP contribution in [0.4, 0.5) is 0 Å². The largest absolute Gasteiger partial charge is 0.355 e. The molecule has 0 unspecified atom stereocenters. The number of fused-ring (bicyclic) bond motifs is 1. The van der Waals surface area contributed by atoms with E-state index in [0.29, 0.717) is 23.2 Å². The number of hydrogen-bond acceptors (Lipinski definition) is 6. The highest BCUT2D eigenvalue weighted by molar-refractivity contribution is 7.99. The van der Waals surface area contributed by atoms with Crippen molar-refractivity contribution in [1.82, 2.24) is 29.8 Å². The molecule has 0 aliphatic heterocycles. The summed E-state index contributed by atoms with van der Waals surface area (Å²) in [5, 5.41) is 8.15. The molecule has 0 aliphatic rings. The van der Waals surface area contributed by atoms with E-state index in [-0.39, 0.29) is 5.91 Å². The number of carbonyl (C=O) groups is 1. The molecule has 0 fully saturated rings. The predicted octanol–water partition coefficient (Wildman–Crippen LogP) is 3.27. The highest BCUT2D eigenvalue weighted by Gasteiger charge is 2.15. The molecule has 31 heavy (non-hydrogen) atoms. The first kappa shape index (κ1) is 23.2. The van der Waals surface area contributed by atoms with Crippen molar-refractivity contribution < 1.29 is 4.79 Å². The van der Waals surface area contributed by atoms with Gasteiger partial charge in [-0.1, -0.05) is 55.9 Å². The van der Waals surface area contributed by atoms with Crippen LogP contribution in [0.3, 0.4) is 0 Å². The average Bonchev–Trinajstić information content (AvgIpc) is 3.19. The molecule has 0 aliphatic carbocycles. The standard InChI is InChI=1S/C23H32N6OS/c1-5-28(6-2)14-10-13-24-21(30)16-31-23-26-22-25-17(3)20(18(4)29(22)27-23)15-19-11-8-7-9-12-19/h7-9,11-12H,5-6,10,13-16H2,1-4H3,(H,24,30). The minimum atomic E-state index is 0.00836. The maximum Gasteiger partial charge on any atom is 0.253 e. The summed E-state index contributed by atoms with van der Waals surface area (Å²) in [6.07, 6.45) is 1.76. The lowest BCUT2D eigenvalue weighted by Gasteiger charge is -2.17. The van der Waals surface area contributed by atoms with Gasteiger partial charge in [0.25, 0.3) is 5.78 Å². The molecule has 7 nitrogen and oxygen atoms in total. The second-order valence-electron chi connectivity index (χ2n) is 7.55. The van der Waals surface area contributed by atoms with E-state index in [4.69, 9.17) is 0 Å². The van der Waals surface area contributed by atoms with Gasteiger partial charge < -0.3 is 10.2 Å². The summed E-state index contributed by atoms with van der Waals surface area (Å²) in [6, 6.07) is 10.3. The summed E-state index contributed by atoms with van der Waals surface area (Å²) >= 11 is 1.35. The molecule has 0 atom stereocenters. The topological polar surface area (TPSA) is 75.4 Å². The van der Waals surface area contributed by atoms with Crippen molar-refractivity contribution in [3.8, 4) is 0 Å². The fraction of sp³-hybridized carbons (Fsp3) is 0.478. The molecule has 0 radical (unpaired) electrons. The monoisotopic (exact) mass is 440 g/mol. The van der Waals surface area contributed by atoms with Crippen molar-refractivity contribution in [2.24, 2.45) is 0 Å². The fourth-order valence-electron chi connectivity index (χ4n) is 3.56. The first-order valence-electron chi connectivity index (χ1n) is 10.9. The Morgan fingerprint density at radius 3 is 2.58 bits per heavy atom. The molecule has 1 amide bonds. The van der Waals surface area contributed by atoms with Crippen LogP contribution >= 0.6 is 11.8 Å². The Morgan fingerprint density at radius 1 is 1.13 bits per heavy atom. The van der Waals surface area contributed by atoms with Crippen LogP contribution in [0.5, 0.6) is 0 Å². The van der Waals surface area contributed by atoms with Crippen LogP contribution in [0.25, 0.3) is 5.78 Å². The zero-order valence-electron chi connectivity index (χ0n) is 18.9. The molecular formula is C23H32N6OS. The molecule has 0 saturated carbocycles. The van der Waals surface area contributed by atoms with Crippen molar-refractivity contribution in [3.63, 3.8) is 0 Å². The number of aryl methyl sites for hydroxylation is 2. The molecular weight excluding hydrogens is 408 g/mol. The Labute approximate surface area is 188 Å². The van der Waals surface area contributed by atoms with Crippen molar-refractivity contribution >= 4 is 23.4 Å². The van der Waals surface area contributed by atoms with Gasteiger partial charge in [-0.05, 0) is 51.0 Å². The highest BCUT2D eigenvalue weighted by atomic mass is 32.2. The van der Waals surface area contributed by atoms with Crippen LogP contribution in [0.2, 0.25) is 0 Å². The van der Waals surface area contributed by atoms with Crippen LogP contribution in [0.15, 0.2) is 35.5 Å². The Balaban J connectivity index is 1.58. The van der Waals surface area contributed by atoms with E-state index in [0.717, 1.165) is 49.4 Å². The van der Waals surface area contributed by atoms with E-state index in [1.807, 2.05) is 32.0 Å². The molecule has 8 heteroatoms. The van der Waals surface area contributed by atoms with E-state index in [1.54, 1.807) is 4.52 Å². The van der Waals surface area contributed by atoms with Crippen molar-refractivity contribution in [2.75, 3.05) is 31.9 Å². The first-order chi connectivity index (χ1) is 15.0. The molecule has 166 valence electrons. The fourth-order valence-corrected chi connectivity index (χ4v) is 4.21. The van der Waals surface area contributed by atoms with Gasteiger partial charge in [0.05, 0.1) is 5.75 Å². The Kier molecular flexibility index (Phi) is 8.43. The van der Waals surface area contributed by atoms with Crippen LogP contribution < -0.4 is 5.32 Å². The molecule has 1 aromatic carbocycles. The lowest BCUT2D eigenvalue weighted by molar-refractivity contribution is -0.118. The van der Waals surface area contributed by atoms with Gasteiger partial charge in [0.1, 0.15) is 0 Å². The van der Waals surface area contributed by atoms with Gasteiger partial charge in [0.15, 0.2) is 0 Å². The van der Waals surface area contributed by atoms with Crippen LogP contribution in [0.1, 0.15) is 42.8 Å². The molecule has 3 aromatic rings. The van der Waals surface area contributed by atoms with E-state index in [9.17, 15) is 4.79 Å². The minimum Gasteiger partial charge on any atom is -0.355 e. The number of nitrogens with zero attached hydrogens (tertiary/aromatic N) is 5. The summed E-state index contributed by atoms with van der Waals surface area (Å²) < 4.78 is 1.79. The summed E-state index contributed by atoms with van der Waals surface area (Å²) in [5.74, 6) is 0.889. The zero-order chi connectivity index (χ0) is 22.2. The van der Waals surface area contributed by atoms with Crippen molar-refractivity contribution in [3.05, 3.63) is 52.8 Å². The third-order valence-corrected chi connectivity index (χ3v) is 6.29. The minimum absolute atomic E-state index is 0.00836. The number of amides is 1. The normalized spacial score (nSPS) is 11.4. The molecule has 1 N–H and O–H groups in total. The maximum atomic E-state index is 12.2. The SMILES string of the molecule is CCN(CC)CCCNC(=O)CSc1nc2nc(C)c(Cc3ccccc3)c(C)n2n1. The number of nitrogens with one attached hydrogen (secondary N) is 1. The Bertz CT molecular complexity index is 1000. The summed E-state index contributed by atoms with van der Waals surface area (Å²) in [6.45, 7) is 12.2. The van der Waals surface area contributed by atoms with Gasteiger partial charge >= 0.3 is 0 Å². The summed E-state index contributed by atoms with van der Waals surface area (Å²) in [5.41, 5.74) is 4.39. The summed E-state index contributed by atoms with van der Waals surface area (Å²) in [7, 11) is 0. The number of benzene rings is 1. The van der Waals surface area contributed by atoms with Gasteiger partial charge in [0, 0.05) is 24.4 Å². The lowest BCUT2D eigenvalue weighted by Crippen LogP contribution is -2.30. The Morgan fingerprint density at radius 2 is 1.87 bits per heavy atom. The average molecular weight is 441 g/mol. The van der Waals surface area contributed by atoms with Gasteiger partial charge in [-0.25, -0.2) is 9.50 Å². The second kappa shape index (κ2) is 11.2. The van der Waals surface area contributed by atoms with Crippen LogP contribution in [0, 0.1) is 13.8 Å². The molecule has 0 saturated heterocycles.